The molecule has 2 aliphatic heterocycles. The van der Waals surface area contributed by atoms with Gasteiger partial charge in [0.25, 0.3) is 0 Å². The van der Waals surface area contributed by atoms with Gasteiger partial charge in [0.1, 0.15) is 11.7 Å². The summed E-state index contributed by atoms with van der Waals surface area (Å²) >= 11 is 1.61. The van der Waals surface area contributed by atoms with Gasteiger partial charge in [-0.2, -0.15) is 4.98 Å². The number of aromatic nitrogens is 4. The molecule has 3 aliphatic rings. The summed E-state index contributed by atoms with van der Waals surface area (Å²) in [6.07, 6.45) is 10.4. The van der Waals surface area contributed by atoms with Crippen LogP contribution in [0.5, 0.6) is 0 Å². The van der Waals surface area contributed by atoms with Crippen LogP contribution >= 0.6 is 11.3 Å². The number of amides is 2. The Morgan fingerprint density at radius 1 is 0.863 bits per heavy atom. The van der Waals surface area contributed by atoms with E-state index >= 15 is 0 Å². The van der Waals surface area contributed by atoms with Gasteiger partial charge in [-0.1, -0.05) is 75.7 Å². The van der Waals surface area contributed by atoms with Crippen LogP contribution in [0, 0.1) is 12.3 Å². The first-order chi connectivity index (χ1) is 35.2. The normalized spacial score (nSPS) is 20.9. The van der Waals surface area contributed by atoms with Crippen molar-refractivity contribution in [3.8, 4) is 21.6 Å². The van der Waals surface area contributed by atoms with E-state index in [9.17, 15) is 19.8 Å². The molecule has 6 N–H and O–H groups in total. The lowest BCUT2D eigenvalue weighted by Crippen LogP contribution is -2.57. The number of rotatable bonds is 23. The summed E-state index contributed by atoms with van der Waals surface area (Å²) < 4.78 is 7.64. The molecular weight excluding hydrogens is 939 g/mol. The van der Waals surface area contributed by atoms with Crippen molar-refractivity contribution in [2.24, 2.45) is 5.41 Å². The standard InChI is InChI=1S/C56H81N11O5S/c1-38(36-72-6)62-55-60-32-47-48(35-66(52(47)63-55)44-18-20-45(68)21-19-44)42-14-12-41(13-15-42)33-65-28-26-64(27-29-65)25-9-7-8-22-57-23-24-58-51(56(3,4)5)54(71)67-34-46(69)30-49(67)53(70)59-31-40-10-16-43(17-11-40)50-39(2)61-37-73-50/h10-17,32,35,37-38,44-46,49,51,57-58,68-69H,7-9,18-31,33-34,36H2,1-6H3,(H,59,70)(H,60,62,63)/t38?,44?,45?,46-,49+,51-/m1/s1. The van der Waals surface area contributed by atoms with Gasteiger partial charge in [-0.05, 0) is 93.1 Å². The second-order valence-electron chi connectivity index (χ2n) is 21.8. The maximum Gasteiger partial charge on any atom is 0.243 e. The molecule has 1 unspecified atom stereocenters. The summed E-state index contributed by atoms with van der Waals surface area (Å²) in [6, 6.07) is 16.3. The molecule has 4 atom stereocenters. The summed E-state index contributed by atoms with van der Waals surface area (Å²) in [7, 11) is 1.70. The third kappa shape index (κ3) is 14.5. The molecule has 3 fully saturated rings. The molecule has 2 saturated heterocycles. The molecule has 17 heteroatoms. The Morgan fingerprint density at radius 3 is 2.27 bits per heavy atom. The number of anilines is 1. The minimum Gasteiger partial charge on any atom is -0.393 e. The molecule has 0 radical (unpaired) electrons. The van der Waals surface area contributed by atoms with Crippen molar-refractivity contribution in [3.63, 3.8) is 0 Å². The van der Waals surface area contributed by atoms with E-state index in [1.165, 1.54) is 12.0 Å². The van der Waals surface area contributed by atoms with E-state index in [1.54, 1.807) is 23.3 Å². The number of carbonyl (C=O) groups is 2. The van der Waals surface area contributed by atoms with Crippen LogP contribution in [0.25, 0.3) is 32.6 Å². The van der Waals surface area contributed by atoms with Crippen LogP contribution in [0.1, 0.15) is 102 Å². The number of aliphatic hydroxyl groups excluding tert-OH is 2. The van der Waals surface area contributed by atoms with E-state index in [2.05, 4.69) is 78.0 Å². The van der Waals surface area contributed by atoms with Gasteiger partial charge < -0.3 is 50.6 Å². The van der Waals surface area contributed by atoms with E-state index in [0.29, 0.717) is 31.7 Å². The van der Waals surface area contributed by atoms with Crippen molar-refractivity contribution in [1.29, 1.82) is 0 Å². The van der Waals surface area contributed by atoms with Crippen molar-refractivity contribution in [3.05, 3.63) is 83.3 Å². The lowest BCUT2D eigenvalue weighted by molar-refractivity contribution is -0.142. The Labute approximate surface area is 436 Å². The molecule has 5 heterocycles. The highest BCUT2D eigenvalue weighted by atomic mass is 32.1. The van der Waals surface area contributed by atoms with Crippen molar-refractivity contribution < 1.29 is 24.5 Å². The smallest absolute Gasteiger partial charge is 0.243 e. The number of thiazole rings is 1. The molecule has 0 bridgehead atoms. The molecule has 73 heavy (non-hydrogen) atoms. The first-order valence-corrected chi connectivity index (χ1v) is 27.7. The molecular formula is C56H81N11O5S. The monoisotopic (exact) mass is 1020 g/mol. The van der Waals surface area contributed by atoms with E-state index < -0.39 is 23.6 Å². The van der Waals surface area contributed by atoms with Crippen LogP contribution in [0.4, 0.5) is 5.95 Å². The minimum atomic E-state index is -0.744. The molecule has 8 rings (SSSR count). The summed E-state index contributed by atoms with van der Waals surface area (Å²) in [5.41, 5.74) is 9.06. The number of nitrogens with zero attached hydrogens (tertiary/aromatic N) is 7. The Bertz CT molecular complexity index is 2530. The number of hydrogen-bond donors (Lipinski definition) is 6. The summed E-state index contributed by atoms with van der Waals surface area (Å²) in [5, 5.41) is 35.4. The van der Waals surface area contributed by atoms with Crippen LogP contribution in [-0.4, -0.2) is 159 Å². The first kappa shape index (κ1) is 54.4. The number of unbranched alkanes of at least 4 members (excludes halogenated alkanes) is 2. The topological polar surface area (TPSA) is 185 Å². The zero-order chi connectivity index (χ0) is 51.5. The number of hydrogen-bond acceptors (Lipinski definition) is 14. The largest absolute Gasteiger partial charge is 0.393 e. The average molecular weight is 1020 g/mol. The molecule has 0 spiro atoms. The van der Waals surface area contributed by atoms with Gasteiger partial charge in [0.15, 0.2) is 0 Å². The highest BCUT2D eigenvalue weighted by molar-refractivity contribution is 7.13. The van der Waals surface area contributed by atoms with Gasteiger partial charge in [0, 0.05) is 108 Å². The maximum absolute atomic E-state index is 14.1. The van der Waals surface area contributed by atoms with Gasteiger partial charge in [-0.15, -0.1) is 11.3 Å². The van der Waals surface area contributed by atoms with Crippen LogP contribution in [0.15, 0.2) is 66.4 Å². The number of piperazine rings is 1. The average Bonchev–Trinajstić information content (AvgIpc) is 4.11. The summed E-state index contributed by atoms with van der Waals surface area (Å²) in [5.74, 6) is 0.208. The van der Waals surface area contributed by atoms with Crippen molar-refractivity contribution in [2.45, 2.75) is 135 Å². The van der Waals surface area contributed by atoms with E-state index in [-0.39, 0.29) is 36.9 Å². The molecule has 1 aliphatic carbocycles. The molecule has 2 aromatic carbocycles. The molecule has 2 amide bonds. The Balaban J connectivity index is 0.719. The zero-order valence-electron chi connectivity index (χ0n) is 44.1. The second-order valence-corrected chi connectivity index (χ2v) is 22.7. The highest BCUT2D eigenvalue weighted by Crippen LogP contribution is 2.37. The predicted octanol–water partition coefficient (Wildman–Crippen LogP) is 6.61. The van der Waals surface area contributed by atoms with Gasteiger partial charge in [0.05, 0.1) is 40.9 Å². The summed E-state index contributed by atoms with van der Waals surface area (Å²) in [4.78, 5) is 49.5. The molecule has 5 aromatic rings. The minimum absolute atomic E-state index is 0.0842. The quantitative estimate of drug-likeness (QED) is 0.0385. The predicted molar refractivity (Wildman–Crippen MR) is 291 cm³/mol. The number of benzene rings is 2. The molecule has 396 valence electrons. The van der Waals surface area contributed by atoms with Crippen molar-refractivity contribution in [2.75, 3.05) is 77.9 Å². The Hall–Kier alpha value is -4.85. The maximum atomic E-state index is 14.1. The summed E-state index contributed by atoms with van der Waals surface area (Å²) in [6.45, 7) is 19.9. The number of nitrogens with one attached hydrogen (secondary N) is 4. The number of aryl methyl sites for hydroxylation is 1. The number of fused-ring (bicyclic) bond motifs is 1. The number of ether oxygens (including phenoxy) is 1. The fourth-order valence-electron chi connectivity index (χ4n) is 10.8. The number of likely N-dealkylation sites (tertiary alicyclic amines) is 1. The number of methoxy groups -OCH3 is 1. The van der Waals surface area contributed by atoms with Gasteiger partial charge in [0.2, 0.25) is 17.8 Å². The third-order valence-electron chi connectivity index (χ3n) is 14.9. The Kier molecular flexibility index (Phi) is 19.1. The molecule has 16 nitrogen and oxygen atoms in total. The van der Waals surface area contributed by atoms with Crippen molar-refractivity contribution in [1.82, 2.24) is 50.2 Å². The Morgan fingerprint density at radius 2 is 1.58 bits per heavy atom. The molecule has 1 saturated carbocycles. The first-order valence-electron chi connectivity index (χ1n) is 26.8. The van der Waals surface area contributed by atoms with E-state index in [0.717, 1.165) is 135 Å². The lowest BCUT2D eigenvalue weighted by Gasteiger charge is -2.35. The number of aliphatic hydroxyl groups is 2. The van der Waals surface area contributed by atoms with Crippen molar-refractivity contribution >= 4 is 40.1 Å². The van der Waals surface area contributed by atoms with Gasteiger partial charge in [-0.3, -0.25) is 14.5 Å². The number of carbonyl (C=O) groups excluding carboxylic acids is 2. The van der Waals surface area contributed by atoms with Crippen LogP contribution in [0.2, 0.25) is 0 Å². The van der Waals surface area contributed by atoms with Gasteiger partial charge >= 0.3 is 0 Å². The van der Waals surface area contributed by atoms with E-state index in [1.807, 2.05) is 63.7 Å². The highest BCUT2D eigenvalue weighted by Gasteiger charge is 2.43. The number of β-amino-alcohol motifs (C(OH)–C–C–N with tert-alkyl or cyclic N) is 1. The van der Waals surface area contributed by atoms with Gasteiger partial charge in [-0.25, -0.2) is 9.97 Å². The SMILES string of the molecule is COCC(C)Nc1ncc2c(-c3ccc(CN4CCN(CCCCCNCCN[C@H](C(=O)N5C[C@H](O)C[C@H]5C(=O)NCc5ccc(-c6scnc6C)cc5)C(C)(C)C)CC4)cc3)cn(C3CCC(O)CC3)c2n1. The van der Waals surface area contributed by atoms with Crippen LogP contribution in [0.3, 0.4) is 0 Å². The molecule has 3 aromatic heterocycles. The fourth-order valence-corrected chi connectivity index (χ4v) is 11.6. The van der Waals surface area contributed by atoms with Crippen LogP contribution in [-0.2, 0) is 27.4 Å². The van der Waals surface area contributed by atoms with Crippen LogP contribution < -0.4 is 21.3 Å². The van der Waals surface area contributed by atoms with E-state index in [4.69, 9.17) is 14.7 Å². The zero-order valence-corrected chi connectivity index (χ0v) is 44.9. The third-order valence-corrected chi connectivity index (χ3v) is 15.9. The fraction of sp³-hybridized carbons (Fsp3) is 0.589. The lowest BCUT2D eigenvalue weighted by atomic mass is 9.85. The second kappa shape index (κ2) is 25.6.